The molecule has 0 bridgehead atoms. The van der Waals surface area contributed by atoms with Gasteiger partial charge in [-0.25, -0.2) is 4.79 Å². The number of aliphatic carboxylic acids is 1. The van der Waals surface area contributed by atoms with Crippen molar-refractivity contribution in [2.45, 2.75) is 59.0 Å². The molecular weight excluding hydrogens is 204 g/mol. The summed E-state index contributed by atoms with van der Waals surface area (Å²) in [5.74, 6) is -0.179. The zero-order valence-electron chi connectivity index (χ0n) is 10.9. The SMILES string of the molecule is CCOC1(C(=O)O)CCC(C(C)(C)C)CC1. The molecule has 0 unspecified atom stereocenters. The van der Waals surface area contributed by atoms with Crippen LogP contribution in [0.1, 0.15) is 53.4 Å². The van der Waals surface area contributed by atoms with Crippen LogP contribution in [0.4, 0.5) is 0 Å². The van der Waals surface area contributed by atoms with Gasteiger partial charge in [-0.05, 0) is 43.9 Å². The summed E-state index contributed by atoms with van der Waals surface area (Å²) in [5, 5.41) is 9.28. The van der Waals surface area contributed by atoms with Crippen molar-refractivity contribution in [2.24, 2.45) is 11.3 Å². The summed E-state index contributed by atoms with van der Waals surface area (Å²) in [6.07, 6.45) is 3.21. The highest BCUT2D eigenvalue weighted by Crippen LogP contribution is 2.42. The van der Waals surface area contributed by atoms with Crippen LogP contribution in [0.5, 0.6) is 0 Å². The van der Waals surface area contributed by atoms with Crippen LogP contribution >= 0.6 is 0 Å². The summed E-state index contributed by atoms with van der Waals surface area (Å²) < 4.78 is 5.49. The number of ether oxygens (including phenoxy) is 1. The molecule has 0 amide bonds. The lowest BCUT2D eigenvalue weighted by molar-refractivity contribution is -0.172. The lowest BCUT2D eigenvalue weighted by Crippen LogP contribution is -2.46. The molecule has 1 rings (SSSR count). The molecule has 3 heteroatoms. The molecule has 0 spiro atoms. The van der Waals surface area contributed by atoms with Crippen molar-refractivity contribution in [3.8, 4) is 0 Å². The second-order valence-electron chi connectivity index (χ2n) is 5.87. The van der Waals surface area contributed by atoms with Crippen LogP contribution in [-0.2, 0) is 9.53 Å². The van der Waals surface area contributed by atoms with Crippen LogP contribution in [0.15, 0.2) is 0 Å². The zero-order valence-corrected chi connectivity index (χ0v) is 10.9. The molecule has 0 aromatic rings. The summed E-state index contributed by atoms with van der Waals surface area (Å²) in [7, 11) is 0. The van der Waals surface area contributed by atoms with Gasteiger partial charge in [-0.3, -0.25) is 0 Å². The Kier molecular flexibility index (Phi) is 4.00. The summed E-state index contributed by atoms with van der Waals surface area (Å²) in [6, 6.07) is 0. The van der Waals surface area contributed by atoms with E-state index in [1.54, 1.807) is 0 Å². The van der Waals surface area contributed by atoms with E-state index in [9.17, 15) is 9.90 Å². The standard InChI is InChI=1S/C13H24O3/c1-5-16-13(11(14)15)8-6-10(7-9-13)12(2,3)4/h10H,5-9H2,1-4H3,(H,14,15). The van der Waals surface area contributed by atoms with Crippen LogP contribution in [0, 0.1) is 11.3 Å². The Hall–Kier alpha value is -0.570. The summed E-state index contributed by atoms with van der Waals surface area (Å²) in [5.41, 5.74) is -0.632. The minimum atomic E-state index is -0.906. The molecule has 1 saturated carbocycles. The van der Waals surface area contributed by atoms with Gasteiger partial charge in [0.15, 0.2) is 5.60 Å². The Balaban J connectivity index is 2.67. The largest absolute Gasteiger partial charge is 0.479 e. The maximum Gasteiger partial charge on any atom is 0.335 e. The van der Waals surface area contributed by atoms with Gasteiger partial charge in [0.05, 0.1) is 0 Å². The molecule has 0 aliphatic heterocycles. The maximum absolute atomic E-state index is 11.3. The van der Waals surface area contributed by atoms with Gasteiger partial charge in [0.25, 0.3) is 0 Å². The molecule has 0 aromatic heterocycles. The minimum absolute atomic E-state index is 0.275. The second kappa shape index (κ2) is 4.74. The van der Waals surface area contributed by atoms with E-state index in [-0.39, 0.29) is 5.41 Å². The van der Waals surface area contributed by atoms with Gasteiger partial charge in [0, 0.05) is 6.61 Å². The van der Waals surface area contributed by atoms with E-state index < -0.39 is 11.6 Å². The normalized spacial score (nSPS) is 31.4. The van der Waals surface area contributed by atoms with E-state index in [1.165, 1.54) is 0 Å². The fourth-order valence-electron chi connectivity index (χ4n) is 2.65. The molecule has 0 heterocycles. The van der Waals surface area contributed by atoms with Crippen LogP contribution in [0.2, 0.25) is 0 Å². The zero-order chi connectivity index (χ0) is 12.4. The first kappa shape index (κ1) is 13.5. The van der Waals surface area contributed by atoms with Crippen LogP contribution in [-0.4, -0.2) is 23.3 Å². The van der Waals surface area contributed by atoms with Crippen molar-refractivity contribution in [3.63, 3.8) is 0 Å². The molecule has 3 nitrogen and oxygen atoms in total. The van der Waals surface area contributed by atoms with Crippen LogP contribution in [0.3, 0.4) is 0 Å². The van der Waals surface area contributed by atoms with E-state index >= 15 is 0 Å². The number of carboxylic acids is 1. The van der Waals surface area contributed by atoms with E-state index in [1.807, 2.05) is 6.92 Å². The van der Waals surface area contributed by atoms with Gasteiger partial charge in [0.1, 0.15) is 0 Å². The van der Waals surface area contributed by atoms with Gasteiger partial charge in [-0.2, -0.15) is 0 Å². The first-order valence-corrected chi connectivity index (χ1v) is 6.19. The van der Waals surface area contributed by atoms with Crippen molar-refractivity contribution in [2.75, 3.05) is 6.61 Å². The maximum atomic E-state index is 11.3. The minimum Gasteiger partial charge on any atom is -0.479 e. The van der Waals surface area contributed by atoms with Gasteiger partial charge < -0.3 is 9.84 Å². The van der Waals surface area contributed by atoms with Crippen molar-refractivity contribution < 1.29 is 14.6 Å². The number of carbonyl (C=O) groups is 1. The highest BCUT2D eigenvalue weighted by molar-refractivity contribution is 5.77. The topological polar surface area (TPSA) is 46.5 Å². The molecule has 1 aliphatic carbocycles. The van der Waals surface area contributed by atoms with E-state index in [2.05, 4.69) is 20.8 Å². The lowest BCUT2D eigenvalue weighted by Gasteiger charge is -2.41. The molecule has 94 valence electrons. The van der Waals surface area contributed by atoms with Gasteiger partial charge in [0.2, 0.25) is 0 Å². The van der Waals surface area contributed by atoms with Crippen molar-refractivity contribution >= 4 is 5.97 Å². The van der Waals surface area contributed by atoms with Gasteiger partial charge >= 0.3 is 5.97 Å². The van der Waals surface area contributed by atoms with E-state index in [4.69, 9.17) is 4.74 Å². The summed E-state index contributed by atoms with van der Waals surface area (Å²) in [4.78, 5) is 11.3. The molecular formula is C13H24O3. The molecule has 16 heavy (non-hydrogen) atoms. The van der Waals surface area contributed by atoms with Crippen molar-refractivity contribution in [1.82, 2.24) is 0 Å². The van der Waals surface area contributed by atoms with E-state index in [0.717, 1.165) is 12.8 Å². The van der Waals surface area contributed by atoms with Gasteiger partial charge in [-0.1, -0.05) is 20.8 Å². The smallest absolute Gasteiger partial charge is 0.335 e. The third-order valence-corrected chi connectivity index (χ3v) is 3.83. The lowest BCUT2D eigenvalue weighted by atomic mass is 9.68. The fraction of sp³-hybridized carbons (Fsp3) is 0.923. The van der Waals surface area contributed by atoms with Crippen molar-refractivity contribution in [1.29, 1.82) is 0 Å². The average molecular weight is 228 g/mol. The average Bonchev–Trinajstić information content (AvgIpc) is 2.17. The second-order valence-corrected chi connectivity index (χ2v) is 5.87. The highest BCUT2D eigenvalue weighted by atomic mass is 16.5. The van der Waals surface area contributed by atoms with E-state index in [0.29, 0.717) is 25.4 Å². The molecule has 1 aliphatic rings. The summed E-state index contributed by atoms with van der Waals surface area (Å²) in [6.45, 7) is 9.03. The van der Waals surface area contributed by atoms with Crippen LogP contribution in [0.25, 0.3) is 0 Å². The predicted molar refractivity (Wildman–Crippen MR) is 63.4 cm³/mol. The molecule has 1 N–H and O–H groups in total. The highest BCUT2D eigenvalue weighted by Gasteiger charge is 2.44. The monoisotopic (exact) mass is 228 g/mol. The van der Waals surface area contributed by atoms with Gasteiger partial charge in [-0.15, -0.1) is 0 Å². The molecule has 1 fully saturated rings. The third-order valence-electron chi connectivity index (χ3n) is 3.83. The first-order valence-electron chi connectivity index (χ1n) is 6.19. The number of rotatable bonds is 3. The number of hydrogen-bond acceptors (Lipinski definition) is 2. The number of carboxylic acid groups (broad SMARTS) is 1. The Labute approximate surface area is 98.2 Å². The molecule has 0 radical (unpaired) electrons. The van der Waals surface area contributed by atoms with Crippen LogP contribution < -0.4 is 0 Å². The first-order chi connectivity index (χ1) is 7.32. The Morgan fingerprint density at radius 3 is 2.19 bits per heavy atom. The molecule has 0 aromatic carbocycles. The predicted octanol–water partition coefficient (Wildman–Crippen LogP) is 3.08. The summed E-state index contributed by atoms with van der Waals surface area (Å²) >= 11 is 0. The quantitative estimate of drug-likeness (QED) is 0.807. The Morgan fingerprint density at radius 2 is 1.88 bits per heavy atom. The molecule has 0 atom stereocenters. The Morgan fingerprint density at radius 1 is 1.38 bits per heavy atom. The fourth-order valence-corrected chi connectivity index (χ4v) is 2.65. The molecule has 0 saturated heterocycles. The Bertz CT molecular complexity index is 244. The number of hydrogen-bond donors (Lipinski definition) is 1. The third kappa shape index (κ3) is 2.76. The van der Waals surface area contributed by atoms with Crippen molar-refractivity contribution in [3.05, 3.63) is 0 Å².